The molecule has 1 saturated carbocycles. The molecule has 0 radical (unpaired) electrons. The van der Waals surface area contributed by atoms with Gasteiger partial charge in [0, 0.05) is 12.0 Å². The van der Waals surface area contributed by atoms with Crippen LogP contribution in [0, 0.1) is 11.8 Å². The van der Waals surface area contributed by atoms with E-state index in [1.165, 1.54) is 0 Å². The molecule has 0 aliphatic heterocycles. The monoisotopic (exact) mass is 215 g/mol. The summed E-state index contributed by atoms with van der Waals surface area (Å²) in [6, 6.07) is -0.263. The average molecular weight is 215 g/mol. The standard InChI is InChI=1S/C10H17NO4/c1-6(5-12)11-9(13)7-2-3-8(4-7)10(14)15/h6-8,12H,2-5H2,1H3,(H,11,13)(H,14,15)/t6-,7-,8+/m1/s1. The minimum atomic E-state index is -0.819. The van der Waals surface area contributed by atoms with Crippen molar-refractivity contribution in [3.8, 4) is 0 Å². The van der Waals surface area contributed by atoms with E-state index in [1.807, 2.05) is 0 Å². The number of carboxylic acid groups (broad SMARTS) is 1. The van der Waals surface area contributed by atoms with E-state index in [2.05, 4.69) is 5.32 Å². The number of aliphatic carboxylic acids is 1. The van der Waals surface area contributed by atoms with Gasteiger partial charge in [-0.25, -0.2) is 0 Å². The topological polar surface area (TPSA) is 86.6 Å². The van der Waals surface area contributed by atoms with Crippen molar-refractivity contribution in [1.82, 2.24) is 5.32 Å². The quantitative estimate of drug-likeness (QED) is 0.615. The summed E-state index contributed by atoms with van der Waals surface area (Å²) in [5.41, 5.74) is 0. The number of hydrogen-bond acceptors (Lipinski definition) is 3. The average Bonchev–Trinajstić information content (AvgIpc) is 2.66. The number of amides is 1. The van der Waals surface area contributed by atoms with Crippen molar-refractivity contribution in [3.05, 3.63) is 0 Å². The molecule has 15 heavy (non-hydrogen) atoms. The van der Waals surface area contributed by atoms with Crippen LogP contribution in [0.25, 0.3) is 0 Å². The van der Waals surface area contributed by atoms with E-state index in [4.69, 9.17) is 10.2 Å². The summed E-state index contributed by atoms with van der Waals surface area (Å²) in [7, 11) is 0. The lowest BCUT2D eigenvalue weighted by Gasteiger charge is -2.14. The van der Waals surface area contributed by atoms with Gasteiger partial charge in [0.25, 0.3) is 0 Å². The first kappa shape index (κ1) is 12.0. The Morgan fingerprint density at radius 2 is 2.00 bits per heavy atom. The van der Waals surface area contributed by atoms with E-state index in [-0.39, 0.29) is 30.4 Å². The molecule has 3 N–H and O–H groups in total. The minimum absolute atomic E-state index is 0.0964. The number of rotatable bonds is 4. The molecular weight excluding hydrogens is 198 g/mol. The highest BCUT2D eigenvalue weighted by Crippen LogP contribution is 2.31. The molecule has 0 aromatic heterocycles. The van der Waals surface area contributed by atoms with Gasteiger partial charge in [0.05, 0.1) is 12.5 Å². The van der Waals surface area contributed by atoms with Gasteiger partial charge in [-0.2, -0.15) is 0 Å². The zero-order valence-corrected chi connectivity index (χ0v) is 8.77. The first-order chi connectivity index (χ1) is 7.04. The second-order valence-electron chi connectivity index (χ2n) is 4.14. The van der Waals surface area contributed by atoms with Crippen LogP contribution in [-0.2, 0) is 9.59 Å². The van der Waals surface area contributed by atoms with Gasteiger partial charge in [0.1, 0.15) is 0 Å². The highest BCUT2D eigenvalue weighted by molar-refractivity contribution is 5.81. The SMILES string of the molecule is C[C@H](CO)NC(=O)[C@@H]1CC[C@H](C(=O)O)C1. The molecule has 0 aromatic carbocycles. The van der Waals surface area contributed by atoms with Crippen LogP contribution in [0.2, 0.25) is 0 Å². The van der Waals surface area contributed by atoms with E-state index in [1.54, 1.807) is 6.92 Å². The zero-order chi connectivity index (χ0) is 11.4. The van der Waals surface area contributed by atoms with Crippen LogP contribution in [0.5, 0.6) is 0 Å². The van der Waals surface area contributed by atoms with E-state index in [0.717, 1.165) is 0 Å². The van der Waals surface area contributed by atoms with Crippen LogP contribution in [-0.4, -0.2) is 34.7 Å². The molecule has 3 atom stereocenters. The molecule has 1 aliphatic carbocycles. The van der Waals surface area contributed by atoms with Crippen molar-refractivity contribution in [1.29, 1.82) is 0 Å². The number of aliphatic hydroxyl groups is 1. The number of carbonyl (C=O) groups excluding carboxylic acids is 1. The zero-order valence-electron chi connectivity index (χ0n) is 8.77. The maximum atomic E-state index is 11.6. The van der Waals surface area contributed by atoms with Crippen LogP contribution >= 0.6 is 0 Å². The molecule has 5 nitrogen and oxygen atoms in total. The first-order valence-corrected chi connectivity index (χ1v) is 5.18. The molecular formula is C10H17NO4. The molecule has 86 valence electrons. The van der Waals surface area contributed by atoms with E-state index in [9.17, 15) is 9.59 Å². The van der Waals surface area contributed by atoms with Crippen molar-refractivity contribution in [3.63, 3.8) is 0 Å². The van der Waals surface area contributed by atoms with Crippen LogP contribution in [0.15, 0.2) is 0 Å². The Balaban J connectivity index is 2.40. The molecule has 1 amide bonds. The summed E-state index contributed by atoms with van der Waals surface area (Å²) >= 11 is 0. The summed E-state index contributed by atoms with van der Waals surface area (Å²) in [6.45, 7) is 1.61. The highest BCUT2D eigenvalue weighted by Gasteiger charge is 2.33. The summed E-state index contributed by atoms with van der Waals surface area (Å²) in [5.74, 6) is -1.55. The molecule has 0 heterocycles. The number of carboxylic acids is 1. The fourth-order valence-corrected chi connectivity index (χ4v) is 1.85. The van der Waals surface area contributed by atoms with Crippen molar-refractivity contribution in [2.75, 3.05) is 6.61 Å². The Morgan fingerprint density at radius 1 is 1.40 bits per heavy atom. The second-order valence-corrected chi connectivity index (χ2v) is 4.14. The Labute approximate surface area is 88.5 Å². The van der Waals surface area contributed by atoms with E-state index in [0.29, 0.717) is 19.3 Å². The van der Waals surface area contributed by atoms with Gasteiger partial charge in [-0.15, -0.1) is 0 Å². The fraction of sp³-hybridized carbons (Fsp3) is 0.800. The third-order valence-corrected chi connectivity index (χ3v) is 2.82. The minimum Gasteiger partial charge on any atom is -0.481 e. The first-order valence-electron chi connectivity index (χ1n) is 5.18. The molecule has 5 heteroatoms. The van der Waals surface area contributed by atoms with Gasteiger partial charge < -0.3 is 15.5 Å². The summed E-state index contributed by atoms with van der Waals surface area (Å²) in [4.78, 5) is 22.2. The summed E-state index contributed by atoms with van der Waals surface area (Å²) in [5, 5.41) is 20.2. The second kappa shape index (κ2) is 5.11. The van der Waals surface area contributed by atoms with Crippen LogP contribution in [0.1, 0.15) is 26.2 Å². The van der Waals surface area contributed by atoms with Crippen molar-refractivity contribution in [2.45, 2.75) is 32.2 Å². The fourth-order valence-electron chi connectivity index (χ4n) is 1.85. The summed E-state index contributed by atoms with van der Waals surface area (Å²) in [6.07, 6.45) is 1.61. The van der Waals surface area contributed by atoms with Crippen molar-refractivity contribution in [2.24, 2.45) is 11.8 Å². The van der Waals surface area contributed by atoms with Gasteiger partial charge >= 0.3 is 5.97 Å². The molecule has 1 rings (SSSR count). The predicted molar refractivity (Wildman–Crippen MR) is 53.2 cm³/mol. The smallest absolute Gasteiger partial charge is 0.306 e. The van der Waals surface area contributed by atoms with Gasteiger partial charge in [-0.05, 0) is 26.2 Å². The molecule has 0 unspecified atom stereocenters. The van der Waals surface area contributed by atoms with Crippen molar-refractivity contribution >= 4 is 11.9 Å². The maximum Gasteiger partial charge on any atom is 0.306 e. The molecule has 1 aliphatic rings. The number of aliphatic hydroxyl groups excluding tert-OH is 1. The molecule has 0 aromatic rings. The van der Waals surface area contributed by atoms with Crippen LogP contribution in [0.4, 0.5) is 0 Å². The van der Waals surface area contributed by atoms with E-state index < -0.39 is 5.97 Å². The predicted octanol–water partition coefficient (Wildman–Crippen LogP) is -0.0157. The lowest BCUT2D eigenvalue weighted by atomic mass is 10.0. The molecule has 0 bridgehead atoms. The van der Waals surface area contributed by atoms with Gasteiger partial charge in [0.15, 0.2) is 0 Å². The third-order valence-electron chi connectivity index (χ3n) is 2.82. The largest absolute Gasteiger partial charge is 0.481 e. The van der Waals surface area contributed by atoms with E-state index >= 15 is 0 Å². The maximum absolute atomic E-state index is 11.6. The Kier molecular flexibility index (Phi) is 4.08. The van der Waals surface area contributed by atoms with Crippen LogP contribution in [0.3, 0.4) is 0 Å². The lowest BCUT2D eigenvalue weighted by Crippen LogP contribution is -2.38. The number of hydrogen-bond donors (Lipinski definition) is 3. The van der Waals surface area contributed by atoms with Crippen molar-refractivity contribution < 1.29 is 19.8 Å². The van der Waals surface area contributed by atoms with Crippen LogP contribution < -0.4 is 5.32 Å². The molecule has 0 saturated heterocycles. The molecule has 1 fully saturated rings. The van der Waals surface area contributed by atoms with Gasteiger partial charge in [-0.1, -0.05) is 0 Å². The Hall–Kier alpha value is -1.10. The van der Waals surface area contributed by atoms with Gasteiger partial charge in [-0.3, -0.25) is 9.59 Å². The normalized spacial score (nSPS) is 27.3. The Morgan fingerprint density at radius 3 is 2.47 bits per heavy atom. The number of carbonyl (C=O) groups is 2. The third kappa shape index (κ3) is 3.20. The molecule has 0 spiro atoms. The highest BCUT2D eigenvalue weighted by atomic mass is 16.4. The van der Waals surface area contributed by atoms with Gasteiger partial charge in [0.2, 0.25) is 5.91 Å². The Bertz CT molecular complexity index is 254. The number of nitrogens with one attached hydrogen (secondary N) is 1. The summed E-state index contributed by atoms with van der Waals surface area (Å²) < 4.78 is 0. The lowest BCUT2D eigenvalue weighted by molar-refractivity contribution is -0.141.